The lowest BCUT2D eigenvalue weighted by atomic mass is 10.1. The Morgan fingerprint density at radius 2 is 1.90 bits per heavy atom. The predicted octanol–water partition coefficient (Wildman–Crippen LogP) is 2.06. The lowest BCUT2D eigenvalue weighted by Crippen LogP contribution is -2.38. The van der Waals surface area contributed by atoms with Crippen LogP contribution < -0.4 is 15.0 Å². The van der Waals surface area contributed by atoms with Crippen molar-refractivity contribution in [1.82, 2.24) is 10.2 Å². The van der Waals surface area contributed by atoms with E-state index in [1.807, 2.05) is 42.5 Å². The maximum Gasteiger partial charge on any atom is 0.265 e. The van der Waals surface area contributed by atoms with Crippen LogP contribution in [-0.4, -0.2) is 62.7 Å². The molecular formula is C23H27N3O4. The minimum absolute atomic E-state index is 0.0281. The van der Waals surface area contributed by atoms with E-state index in [0.29, 0.717) is 24.4 Å². The summed E-state index contributed by atoms with van der Waals surface area (Å²) in [6, 6.07) is 14.9. The molecule has 2 heterocycles. The molecule has 1 fully saturated rings. The molecule has 30 heavy (non-hydrogen) atoms. The monoisotopic (exact) mass is 409 g/mol. The van der Waals surface area contributed by atoms with E-state index in [2.05, 4.69) is 10.2 Å². The number of carbonyl (C=O) groups excluding carboxylic acids is 2. The number of carbonyl (C=O) groups is 2. The highest BCUT2D eigenvalue weighted by Gasteiger charge is 2.25. The molecule has 0 spiro atoms. The molecule has 7 nitrogen and oxygen atoms in total. The first-order chi connectivity index (χ1) is 14.7. The fourth-order valence-electron chi connectivity index (χ4n) is 3.75. The van der Waals surface area contributed by atoms with E-state index in [0.717, 1.165) is 50.5 Å². The Morgan fingerprint density at radius 3 is 2.77 bits per heavy atom. The third-order valence-electron chi connectivity index (χ3n) is 5.38. The second-order valence-corrected chi connectivity index (χ2v) is 7.50. The molecule has 2 aromatic rings. The molecule has 2 aromatic carbocycles. The van der Waals surface area contributed by atoms with E-state index >= 15 is 0 Å². The molecule has 0 aromatic heterocycles. The lowest BCUT2D eigenvalue weighted by molar-refractivity contribution is -0.121. The molecule has 0 radical (unpaired) electrons. The second kappa shape index (κ2) is 9.73. The number of rotatable bonds is 7. The van der Waals surface area contributed by atoms with Gasteiger partial charge in [-0.05, 0) is 42.8 Å². The van der Waals surface area contributed by atoms with Crippen LogP contribution in [0.1, 0.15) is 22.3 Å². The maximum absolute atomic E-state index is 12.6. The molecule has 0 saturated carbocycles. The van der Waals surface area contributed by atoms with Crippen molar-refractivity contribution in [2.24, 2.45) is 0 Å². The van der Waals surface area contributed by atoms with Crippen LogP contribution in [0.15, 0.2) is 48.5 Å². The van der Waals surface area contributed by atoms with Gasteiger partial charge in [0.1, 0.15) is 5.75 Å². The normalized spacial score (nSPS) is 16.7. The summed E-state index contributed by atoms with van der Waals surface area (Å²) < 4.78 is 10.8. The second-order valence-electron chi connectivity index (χ2n) is 7.50. The molecule has 0 unspecified atom stereocenters. The number of anilines is 1. The molecule has 2 amide bonds. The molecule has 2 aliphatic rings. The molecule has 7 heteroatoms. The summed E-state index contributed by atoms with van der Waals surface area (Å²) in [7, 11) is 0. The van der Waals surface area contributed by atoms with Crippen LogP contribution >= 0.6 is 0 Å². The molecule has 0 atom stereocenters. The maximum atomic E-state index is 12.6. The van der Waals surface area contributed by atoms with Gasteiger partial charge in [0.05, 0.1) is 25.4 Å². The number of para-hydroxylation sites is 2. The van der Waals surface area contributed by atoms with Crippen LogP contribution in [0.25, 0.3) is 0 Å². The molecule has 1 N–H and O–H groups in total. The Hall–Kier alpha value is -2.90. The van der Waals surface area contributed by atoms with Gasteiger partial charge in [0.2, 0.25) is 0 Å². The SMILES string of the molecule is O=C(NCCCN1CCOCC1)c1cccc(CN2C(=O)COc3ccccc32)c1. The number of fused-ring (bicyclic) bond motifs is 1. The minimum Gasteiger partial charge on any atom is -0.482 e. The van der Waals surface area contributed by atoms with Gasteiger partial charge in [0, 0.05) is 25.2 Å². The Balaban J connectivity index is 1.33. The zero-order valence-electron chi connectivity index (χ0n) is 17.0. The number of hydrogen-bond acceptors (Lipinski definition) is 5. The molecule has 4 rings (SSSR count). The lowest BCUT2D eigenvalue weighted by Gasteiger charge is -2.29. The molecule has 1 saturated heterocycles. The quantitative estimate of drug-likeness (QED) is 0.709. The summed E-state index contributed by atoms with van der Waals surface area (Å²) in [6.07, 6.45) is 0.907. The van der Waals surface area contributed by atoms with E-state index in [-0.39, 0.29) is 18.4 Å². The number of benzene rings is 2. The van der Waals surface area contributed by atoms with E-state index in [1.165, 1.54) is 0 Å². The Morgan fingerprint density at radius 1 is 1.07 bits per heavy atom. The smallest absolute Gasteiger partial charge is 0.265 e. The highest BCUT2D eigenvalue weighted by molar-refractivity contribution is 5.98. The van der Waals surface area contributed by atoms with Crippen LogP contribution in [0.4, 0.5) is 5.69 Å². The van der Waals surface area contributed by atoms with Crippen molar-refractivity contribution in [3.8, 4) is 5.75 Å². The Labute approximate surface area is 176 Å². The van der Waals surface area contributed by atoms with Gasteiger partial charge in [-0.3, -0.25) is 14.5 Å². The highest BCUT2D eigenvalue weighted by atomic mass is 16.5. The van der Waals surface area contributed by atoms with Crippen molar-refractivity contribution in [3.63, 3.8) is 0 Å². The zero-order chi connectivity index (χ0) is 20.8. The first-order valence-electron chi connectivity index (χ1n) is 10.4. The average Bonchev–Trinajstić information content (AvgIpc) is 2.79. The summed E-state index contributed by atoms with van der Waals surface area (Å²) in [6.45, 7) is 5.51. The standard InChI is InChI=1S/C23H27N3O4/c27-22-17-30-21-8-2-1-7-20(21)26(22)16-18-5-3-6-19(15-18)23(28)24-9-4-10-25-11-13-29-14-12-25/h1-3,5-8,15H,4,9-14,16-17H2,(H,24,28). The van der Waals surface area contributed by atoms with E-state index in [9.17, 15) is 9.59 Å². The first-order valence-corrected chi connectivity index (χ1v) is 10.4. The third kappa shape index (κ3) is 4.98. The van der Waals surface area contributed by atoms with E-state index in [1.54, 1.807) is 11.0 Å². The summed E-state index contributed by atoms with van der Waals surface area (Å²) in [5, 5.41) is 3.00. The van der Waals surface area contributed by atoms with Crippen LogP contribution in [-0.2, 0) is 16.1 Å². The van der Waals surface area contributed by atoms with Gasteiger partial charge in [0.15, 0.2) is 6.61 Å². The molecule has 0 aliphatic carbocycles. The number of morpholine rings is 1. The first kappa shape index (κ1) is 20.4. The summed E-state index contributed by atoms with van der Waals surface area (Å²) in [4.78, 5) is 29.0. The fourth-order valence-corrected chi connectivity index (χ4v) is 3.75. The Kier molecular flexibility index (Phi) is 6.61. The number of nitrogens with one attached hydrogen (secondary N) is 1. The summed E-state index contributed by atoms with van der Waals surface area (Å²) >= 11 is 0. The minimum atomic E-state index is -0.0910. The van der Waals surface area contributed by atoms with Gasteiger partial charge in [-0.1, -0.05) is 24.3 Å². The highest BCUT2D eigenvalue weighted by Crippen LogP contribution is 2.32. The fraction of sp³-hybridized carbons (Fsp3) is 0.391. The van der Waals surface area contributed by atoms with Crippen LogP contribution in [0.5, 0.6) is 5.75 Å². The van der Waals surface area contributed by atoms with Gasteiger partial charge >= 0.3 is 0 Å². The van der Waals surface area contributed by atoms with Crippen LogP contribution in [0.2, 0.25) is 0 Å². The number of amides is 2. The van der Waals surface area contributed by atoms with Gasteiger partial charge in [-0.2, -0.15) is 0 Å². The van der Waals surface area contributed by atoms with Crippen molar-refractivity contribution < 1.29 is 19.1 Å². The van der Waals surface area contributed by atoms with Crippen molar-refractivity contribution in [1.29, 1.82) is 0 Å². The van der Waals surface area contributed by atoms with Gasteiger partial charge in [0.25, 0.3) is 11.8 Å². The van der Waals surface area contributed by atoms with E-state index < -0.39 is 0 Å². The van der Waals surface area contributed by atoms with Crippen molar-refractivity contribution in [2.75, 3.05) is 50.9 Å². The largest absolute Gasteiger partial charge is 0.482 e. The molecular weight excluding hydrogens is 382 g/mol. The van der Waals surface area contributed by atoms with Crippen molar-refractivity contribution in [3.05, 3.63) is 59.7 Å². The predicted molar refractivity (Wildman–Crippen MR) is 114 cm³/mol. The number of nitrogens with zero attached hydrogens (tertiary/aromatic N) is 2. The van der Waals surface area contributed by atoms with Gasteiger partial charge < -0.3 is 19.7 Å². The third-order valence-corrected chi connectivity index (χ3v) is 5.38. The van der Waals surface area contributed by atoms with Gasteiger partial charge in [-0.15, -0.1) is 0 Å². The van der Waals surface area contributed by atoms with E-state index in [4.69, 9.17) is 9.47 Å². The van der Waals surface area contributed by atoms with Crippen molar-refractivity contribution in [2.45, 2.75) is 13.0 Å². The van der Waals surface area contributed by atoms with Gasteiger partial charge in [-0.25, -0.2) is 0 Å². The van der Waals surface area contributed by atoms with Crippen LogP contribution in [0, 0.1) is 0 Å². The molecule has 0 bridgehead atoms. The zero-order valence-corrected chi connectivity index (χ0v) is 17.0. The molecule has 2 aliphatic heterocycles. The number of hydrogen-bond donors (Lipinski definition) is 1. The van der Waals surface area contributed by atoms with Crippen LogP contribution in [0.3, 0.4) is 0 Å². The topological polar surface area (TPSA) is 71.1 Å². The molecule has 158 valence electrons. The number of ether oxygens (including phenoxy) is 2. The van der Waals surface area contributed by atoms with Crippen molar-refractivity contribution >= 4 is 17.5 Å². The average molecular weight is 409 g/mol. The summed E-state index contributed by atoms with van der Waals surface area (Å²) in [5.41, 5.74) is 2.26. The Bertz CT molecular complexity index is 896. The summed E-state index contributed by atoms with van der Waals surface area (Å²) in [5.74, 6) is 0.519.